The molecule has 0 aromatic heterocycles. The van der Waals surface area contributed by atoms with Crippen LogP contribution in [0.3, 0.4) is 0 Å². The monoisotopic (exact) mass is 525 g/mol. The van der Waals surface area contributed by atoms with Gasteiger partial charge < -0.3 is 24.2 Å². The van der Waals surface area contributed by atoms with Crippen molar-refractivity contribution in [3.63, 3.8) is 0 Å². The third kappa shape index (κ3) is 10.2. The Hall–Kier alpha value is -2.64. The molecular weight excluding hydrogens is 493 g/mol. The zero-order chi connectivity index (χ0) is 26.0. The molecule has 1 saturated heterocycles. The van der Waals surface area contributed by atoms with Crippen molar-refractivity contribution < 1.29 is 28.9 Å². The number of nitrogens with zero attached hydrogens (tertiary/aromatic N) is 1. The number of hydrogen-bond donors (Lipinski definition) is 1. The van der Waals surface area contributed by atoms with Crippen molar-refractivity contribution in [1.82, 2.24) is 4.90 Å². The summed E-state index contributed by atoms with van der Waals surface area (Å²) in [6.07, 6.45) is 0.934. The number of carboxylic acids is 1. The molecule has 1 aliphatic heterocycles. The summed E-state index contributed by atoms with van der Waals surface area (Å²) in [5.41, 5.74) is 0.468. The lowest BCUT2D eigenvalue weighted by molar-refractivity contribution is -0.143. The molecule has 1 aliphatic rings. The van der Waals surface area contributed by atoms with E-state index < -0.39 is 23.6 Å². The van der Waals surface area contributed by atoms with Crippen molar-refractivity contribution in [3.8, 4) is 11.5 Å². The molecule has 0 spiro atoms. The van der Waals surface area contributed by atoms with Gasteiger partial charge in [0.2, 0.25) is 0 Å². The number of amides is 1. The van der Waals surface area contributed by atoms with Gasteiger partial charge in [0.15, 0.2) is 5.75 Å². The van der Waals surface area contributed by atoms with Gasteiger partial charge in [-0.1, -0.05) is 41.4 Å². The highest BCUT2D eigenvalue weighted by Crippen LogP contribution is 2.33. The number of hydrogen-bond acceptors (Lipinski definition) is 5. The van der Waals surface area contributed by atoms with Gasteiger partial charge >= 0.3 is 12.1 Å². The molecule has 0 radical (unpaired) electrons. The van der Waals surface area contributed by atoms with Crippen LogP contribution in [-0.4, -0.2) is 54.0 Å². The average molecular weight is 526 g/mol. The van der Waals surface area contributed by atoms with Gasteiger partial charge in [-0.05, 0) is 70.4 Å². The van der Waals surface area contributed by atoms with Crippen LogP contribution in [0.1, 0.15) is 39.2 Å². The van der Waals surface area contributed by atoms with Crippen LogP contribution in [-0.2, 0) is 9.53 Å². The average Bonchev–Trinajstić information content (AvgIpc) is 2.78. The number of benzene rings is 2. The number of rotatable bonds is 6. The minimum Gasteiger partial charge on any atom is -0.490 e. The summed E-state index contributed by atoms with van der Waals surface area (Å²) in [6.45, 7) is 8.97. The van der Waals surface area contributed by atoms with Gasteiger partial charge in [0, 0.05) is 13.1 Å². The van der Waals surface area contributed by atoms with E-state index in [0.29, 0.717) is 42.0 Å². The maximum absolute atomic E-state index is 11.7. The van der Waals surface area contributed by atoms with Crippen molar-refractivity contribution >= 4 is 35.3 Å². The number of para-hydroxylation sites is 1. The minimum atomic E-state index is -0.840. The number of carboxylic acid groups (broad SMARTS) is 1. The number of aliphatic carboxylic acids is 1. The van der Waals surface area contributed by atoms with Crippen LogP contribution in [0.25, 0.3) is 0 Å². The van der Waals surface area contributed by atoms with Gasteiger partial charge in [-0.25, -0.2) is 4.79 Å². The number of halogens is 2. The smallest absolute Gasteiger partial charge is 0.410 e. The number of carbonyl (C=O) groups excluding carboxylic acids is 1. The highest BCUT2D eigenvalue weighted by molar-refractivity contribution is 6.37. The molecule has 2 aromatic rings. The molecule has 1 N–H and O–H groups in total. The van der Waals surface area contributed by atoms with E-state index in [0.717, 1.165) is 17.7 Å². The molecule has 7 nitrogen and oxygen atoms in total. The molecule has 192 valence electrons. The summed E-state index contributed by atoms with van der Waals surface area (Å²) in [5.74, 6) is 0.0207. The zero-order valence-electron chi connectivity index (χ0n) is 20.6. The normalized spacial score (nSPS) is 15.5. The van der Waals surface area contributed by atoms with Crippen molar-refractivity contribution in [2.45, 2.75) is 46.1 Å². The van der Waals surface area contributed by atoms with E-state index in [1.54, 1.807) is 20.8 Å². The Morgan fingerprint density at radius 2 is 1.66 bits per heavy atom. The quantitative estimate of drug-likeness (QED) is 0.434. The Morgan fingerprint density at radius 3 is 2.23 bits per heavy atom. The standard InChI is InChI=1S/C15H14Cl2O2.C11H19NO4/c1-11-9-13(16)15(14(17)10-11)19-8-7-18-12-5-3-2-4-6-12;1-11(2,3)16-10(15)12-6-4-5-8(7-12)9(13)14/h2-6,9-10H,7-8H2,1H3;8H,4-7H2,1-3H3,(H,13,14)/t;8-/m.1/s1. The fourth-order valence-electron chi connectivity index (χ4n) is 3.32. The summed E-state index contributed by atoms with van der Waals surface area (Å²) in [4.78, 5) is 24.0. The lowest BCUT2D eigenvalue weighted by atomic mass is 9.99. The molecule has 1 heterocycles. The summed E-state index contributed by atoms with van der Waals surface area (Å²) in [5, 5.41) is 9.93. The highest BCUT2D eigenvalue weighted by Gasteiger charge is 2.30. The molecular formula is C26H33Cl2NO6. The predicted octanol–water partition coefficient (Wildman–Crippen LogP) is 6.48. The molecule has 1 amide bonds. The van der Waals surface area contributed by atoms with Crippen LogP contribution in [0.2, 0.25) is 10.0 Å². The van der Waals surface area contributed by atoms with E-state index in [2.05, 4.69) is 0 Å². The molecule has 0 saturated carbocycles. The second kappa shape index (κ2) is 13.4. The van der Waals surface area contributed by atoms with Gasteiger partial charge in [-0.3, -0.25) is 4.79 Å². The lowest BCUT2D eigenvalue weighted by Crippen LogP contribution is -2.44. The number of piperidine rings is 1. The van der Waals surface area contributed by atoms with Crippen LogP contribution in [0.5, 0.6) is 11.5 Å². The maximum atomic E-state index is 11.7. The van der Waals surface area contributed by atoms with E-state index in [1.165, 1.54) is 4.90 Å². The number of ether oxygens (including phenoxy) is 3. The van der Waals surface area contributed by atoms with E-state index in [-0.39, 0.29) is 6.54 Å². The topological polar surface area (TPSA) is 85.3 Å². The van der Waals surface area contributed by atoms with Crippen LogP contribution in [0.4, 0.5) is 4.79 Å². The molecule has 2 aromatic carbocycles. The molecule has 0 unspecified atom stereocenters. The van der Waals surface area contributed by atoms with E-state index in [9.17, 15) is 9.59 Å². The molecule has 3 rings (SSSR count). The van der Waals surface area contributed by atoms with Crippen LogP contribution >= 0.6 is 23.2 Å². The summed E-state index contributed by atoms with van der Waals surface area (Å²) in [7, 11) is 0. The van der Waals surface area contributed by atoms with Crippen molar-refractivity contribution in [2.75, 3.05) is 26.3 Å². The Bertz CT molecular complexity index is 955. The van der Waals surface area contributed by atoms with Crippen molar-refractivity contribution in [2.24, 2.45) is 5.92 Å². The SMILES string of the molecule is CC(C)(C)OC(=O)N1CCC[C@@H](C(=O)O)C1.Cc1cc(Cl)c(OCCOc2ccccc2)c(Cl)c1. The van der Waals surface area contributed by atoms with E-state index in [1.807, 2.05) is 49.4 Å². The molecule has 0 aliphatic carbocycles. The lowest BCUT2D eigenvalue weighted by Gasteiger charge is -2.32. The minimum absolute atomic E-state index is 0.254. The Labute approximate surface area is 216 Å². The van der Waals surface area contributed by atoms with Crippen LogP contribution < -0.4 is 9.47 Å². The van der Waals surface area contributed by atoms with Crippen LogP contribution in [0.15, 0.2) is 42.5 Å². The van der Waals surface area contributed by atoms with E-state index >= 15 is 0 Å². The summed E-state index contributed by atoms with van der Waals surface area (Å²) in [6, 6.07) is 13.2. The molecule has 9 heteroatoms. The van der Waals surface area contributed by atoms with Crippen LogP contribution in [0, 0.1) is 12.8 Å². The summed E-state index contributed by atoms with van der Waals surface area (Å²) < 4.78 is 16.3. The third-order valence-corrected chi connectivity index (χ3v) is 5.47. The second-order valence-electron chi connectivity index (χ2n) is 9.17. The fraction of sp³-hybridized carbons (Fsp3) is 0.462. The second-order valence-corrected chi connectivity index (χ2v) is 9.99. The maximum Gasteiger partial charge on any atom is 0.410 e. The van der Waals surface area contributed by atoms with Crippen molar-refractivity contribution in [1.29, 1.82) is 0 Å². The first-order valence-corrected chi connectivity index (χ1v) is 12.2. The first-order chi connectivity index (χ1) is 16.5. The van der Waals surface area contributed by atoms with Gasteiger partial charge in [0.1, 0.15) is 24.6 Å². The highest BCUT2D eigenvalue weighted by atomic mass is 35.5. The van der Waals surface area contributed by atoms with Gasteiger partial charge in [0.25, 0.3) is 0 Å². The van der Waals surface area contributed by atoms with Gasteiger partial charge in [-0.2, -0.15) is 0 Å². The molecule has 0 bridgehead atoms. The number of aryl methyl sites for hydroxylation is 1. The Kier molecular flexibility index (Phi) is 11.0. The number of likely N-dealkylation sites (tertiary alicyclic amines) is 1. The largest absolute Gasteiger partial charge is 0.490 e. The zero-order valence-corrected chi connectivity index (χ0v) is 22.1. The van der Waals surface area contributed by atoms with Gasteiger partial charge in [-0.15, -0.1) is 0 Å². The first-order valence-electron chi connectivity index (χ1n) is 11.4. The Morgan fingerprint density at radius 1 is 1.06 bits per heavy atom. The third-order valence-electron chi connectivity index (χ3n) is 4.91. The molecule has 1 atom stereocenters. The number of carbonyl (C=O) groups is 2. The van der Waals surface area contributed by atoms with Gasteiger partial charge in [0.05, 0.1) is 16.0 Å². The fourth-order valence-corrected chi connectivity index (χ4v) is 4.02. The predicted molar refractivity (Wildman–Crippen MR) is 137 cm³/mol. The van der Waals surface area contributed by atoms with Crippen molar-refractivity contribution in [3.05, 3.63) is 58.1 Å². The summed E-state index contributed by atoms with van der Waals surface area (Å²) >= 11 is 12.2. The first kappa shape index (κ1) is 28.6. The molecule has 35 heavy (non-hydrogen) atoms. The molecule has 1 fully saturated rings. The Balaban J connectivity index is 0.000000251. The van der Waals surface area contributed by atoms with E-state index in [4.69, 9.17) is 42.5 Å².